The van der Waals surface area contributed by atoms with Gasteiger partial charge in [-0.25, -0.2) is 4.79 Å². The van der Waals surface area contributed by atoms with Crippen LogP contribution in [-0.2, 0) is 16.2 Å². The summed E-state index contributed by atoms with van der Waals surface area (Å²) >= 11 is 1.41. The maximum absolute atomic E-state index is 11.9. The van der Waals surface area contributed by atoms with Gasteiger partial charge in [0.2, 0.25) is 0 Å². The molecule has 0 aliphatic carbocycles. The van der Waals surface area contributed by atoms with E-state index in [1.54, 1.807) is 19.3 Å². The van der Waals surface area contributed by atoms with Crippen molar-refractivity contribution in [3.05, 3.63) is 88.1 Å². The van der Waals surface area contributed by atoms with Crippen LogP contribution in [0.4, 0.5) is 0 Å². The standard InChI is InChI=1S/C22H20N2O4S/c1-26-19-11-9-16(14-17(19)15-27-18-6-3-2-4-7-18)10-12-21(25)28-24-22(23)20-8-5-13-29-20/h2-14H,15H2,1H3,(H2,23,24)/b12-10-. The van der Waals surface area contributed by atoms with Crippen LogP contribution in [-0.4, -0.2) is 18.9 Å². The van der Waals surface area contributed by atoms with Crippen molar-refractivity contribution in [3.63, 3.8) is 0 Å². The summed E-state index contributed by atoms with van der Waals surface area (Å²) in [5, 5.41) is 5.51. The number of carbonyl (C=O) groups excluding carboxylic acids is 1. The fourth-order valence-corrected chi connectivity index (χ4v) is 3.07. The number of rotatable bonds is 8. The molecule has 2 N–H and O–H groups in total. The Morgan fingerprint density at radius 1 is 1.14 bits per heavy atom. The van der Waals surface area contributed by atoms with Gasteiger partial charge >= 0.3 is 5.97 Å². The molecule has 148 valence electrons. The number of hydrogen-bond acceptors (Lipinski definition) is 6. The number of methoxy groups -OCH3 is 1. The van der Waals surface area contributed by atoms with E-state index in [-0.39, 0.29) is 5.84 Å². The molecule has 1 heterocycles. The molecule has 6 nitrogen and oxygen atoms in total. The first-order chi connectivity index (χ1) is 14.2. The summed E-state index contributed by atoms with van der Waals surface area (Å²) in [5.74, 6) is 1.00. The first kappa shape index (κ1) is 20.2. The highest BCUT2D eigenvalue weighted by atomic mass is 32.1. The second kappa shape index (κ2) is 10.1. The van der Waals surface area contributed by atoms with Crippen LogP contribution in [0.15, 0.2) is 77.3 Å². The molecule has 0 bridgehead atoms. The number of para-hydroxylation sites is 1. The van der Waals surface area contributed by atoms with Gasteiger partial charge in [0.1, 0.15) is 18.1 Å². The molecular weight excluding hydrogens is 388 g/mol. The highest BCUT2D eigenvalue weighted by Crippen LogP contribution is 2.23. The van der Waals surface area contributed by atoms with Gasteiger partial charge < -0.3 is 20.0 Å². The van der Waals surface area contributed by atoms with Crippen LogP contribution in [0.1, 0.15) is 16.0 Å². The van der Waals surface area contributed by atoms with Crippen molar-refractivity contribution >= 4 is 29.2 Å². The summed E-state index contributed by atoms with van der Waals surface area (Å²) < 4.78 is 11.2. The number of hydrogen-bond donors (Lipinski definition) is 1. The molecule has 29 heavy (non-hydrogen) atoms. The lowest BCUT2D eigenvalue weighted by Crippen LogP contribution is -2.13. The van der Waals surface area contributed by atoms with E-state index in [2.05, 4.69) is 5.16 Å². The van der Waals surface area contributed by atoms with Gasteiger partial charge in [-0.3, -0.25) is 0 Å². The monoisotopic (exact) mass is 408 g/mol. The minimum absolute atomic E-state index is 0.159. The van der Waals surface area contributed by atoms with E-state index in [0.717, 1.165) is 21.8 Å². The molecule has 7 heteroatoms. The number of oxime groups is 1. The van der Waals surface area contributed by atoms with Crippen molar-refractivity contribution in [1.29, 1.82) is 0 Å². The molecule has 3 rings (SSSR count). The Morgan fingerprint density at radius 2 is 1.97 bits per heavy atom. The topological polar surface area (TPSA) is 83.1 Å². The van der Waals surface area contributed by atoms with Crippen LogP contribution in [0.2, 0.25) is 0 Å². The Labute approximate surface area is 172 Å². The van der Waals surface area contributed by atoms with Crippen LogP contribution < -0.4 is 15.2 Å². The van der Waals surface area contributed by atoms with Gasteiger partial charge in [-0.1, -0.05) is 35.5 Å². The molecule has 1 aromatic heterocycles. The number of nitrogens with two attached hydrogens (primary N) is 1. The van der Waals surface area contributed by atoms with Crippen LogP contribution in [0, 0.1) is 0 Å². The minimum atomic E-state index is -0.623. The quantitative estimate of drug-likeness (QED) is 0.198. The second-order valence-electron chi connectivity index (χ2n) is 5.87. The zero-order valence-corrected chi connectivity index (χ0v) is 16.6. The van der Waals surface area contributed by atoms with Gasteiger partial charge in [0, 0.05) is 11.6 Å². The van der Waals surface area contributed by atoms with Crippen molar-refractivity contribution in [1.82, 2.24) is 0 Å². The first-order valence-electron chi connectivity index (χ1n) is 8.77. The molecule has 0 aliphatic heterocycles. The molecular formula is C22H20N2O4S. The molecule has 3 aromatic rings. The van der Waals surface area contributed by atoms with Gasteiger partial charge in [-0.15, -0.1) is 11.3 Å². The SMILES string of the molecule is COc1ccc(/C=C\C(=O)O/N=C(\N)c2cccs2)cc1COc1ccccc1. The van der Waals surface area contributed by atoms with Crippen molar-refractivity contribution in [2.75, 3.05) is 7.11 Å². The first-order valence-corrected chi connectivity index (χ1v) is 9.65. The summed E-state index contributed by atoms with van der Waals surface area (Å²) in [4.78, 5) is 17.5. The van der Waals surface area contributed by atoms with E-state index in [9.17, 15) is 4.79 Å². The molecule has 2 aromatic carbocycles. The molecule has 0 saturated heterocycles. The van der Waals surface area contributed by atoms with Crippen molar-refractivity contribution < 1.29 is 19.1 Å². The molecule has 0 unspecified atom stereocenters. The normalized spacial score (nSPS) is 11.4. The molecule has 0 aliphatic rings. The zero-order valence-electron chi connectivity index (χ0n) is 15.8. The number of amidine groups is 1. The number of thiophene rings is 1. The van der Waals surface area contributed by atoms with E-state index in [1.165, 1.54) is 17.4 Å². The molecule has 0 fully saturated rings. The van der Waals surface area contributed by atoms with E-state index in [4.69, 9.17) is 20.0 Å². The van der Waals surface area contributed by atoms with E-state index in [0.29, 0.717) is 12.4 Å². The molecule has 0 spiro atoms. The molecule has 0 radical (unpaired) electrons. The Morgan fingerprint density at radius 3 is 2.69 bits per heavy atom. The molecule has 0 atom stereocenters. The van der Waals surface area contributed by atoms with Gasteiger partial charge in [0.25, 0.3) is 0 Å². The lowest BCUT2D eigenvalue weighted by molar-refractivity contribution is -0.137. The number of nitrogens with zero attached hydrogens (tertiary/aromatic N) is 1. The van der Waals surface area contributed by atoms with Crippen LogP contribution in [0.3, 0.4) is 0 Å². The average molecular weight is 408 g/mol. The Bertz CT molecular complexity index is 999. The number of benzene rings is 2. The average Bonchev–Trinajstić information content (AvgIpc) is 3.30. The molecule has 0 amide bonds. The predicted molar refractivity (Wildman–Crippen MR) is 114 cm³/mol. The van der Waals surface area contributed by atoms with Crippen LogP contribution in [0.5, 0.6) is 11.5 Å². The fourth-order valence-electron chi connectivity index (χ4n) is 2.45. The summed E-state index contributed by atoms with van der Waals surface area (Å²) in [6.07, 6.45) is 2.92. The summed E-state index contributed by atoms with van der Waals surface area (Å²) in [5.41, 5.74) is 7.41. The third kappa shape index (κ3) is 5.95. The fraction of sp³-hybridized carbons (Fsp3) is 0.0909. The highest BCUT2D eigenvalue weighted by molar-refractivity contribution is 7.12. The Kier molecular flexibility index (Phi) is 7.02. The van der Waals surface area contributed by atoms with Gasteiger partial charge in [-0.2, -0.15) is 0 Å². The maximum Gasteiger partial charge on any atom is 0.358 e. The van der Waals surface area contributed by atoms with Crippen molar-refractivity contribution in [2.24, 2.45) is 10.9 Å². The van der Waals surface area contributed by atoms with Gasteiger partial charge in [0.15, 0.2) is 5.84 Å². The predicted octanol–water partition coefficient (Wildman–Crippen LogP) is 4.21. The smallest absolute Gasteiger partial charge is 0.358 e. The minimum Gasteiger partial charge on any atom is -0.496 e. The second-order valence-corrected chi connectivity index (χ2v) is 6.82. The third-order valence-electron chi connectivity index (χ3n) is 3.86. The third-order valence-corrected chi connectivity index (χ3v) is 4.75. The van der Waals surface area contributed by atoms with E-state index < -0.39 is 5.97 Å². The lowest BCUT2D eigenvalue weighted by atomic mass is 10.1. The van der Waals surface area contributed by atoms with Crippen molar-refractivity contribution in [2.45, 2.75) is 6.61 Å². The highest BCUT2D eigenvalue weighted by Gasteiger charge is 2.06. The van der Waals surface area contributed by atoms with E-state index >= 15 is 0 Å². The maximum atomic E-state index is 11.9. The van der Waals surface area contributed by atoms with Gasteiger partial charge in [-0.05, 0) is 47.4 Å². The summed E-state index contributed by atoms with van der Waals surface area (Å²) in [6, 6.07) is 18.7. The van der Waals surface area contributed by atoms with Crippen LogP contribution >= 0.6 is 11.3 Å². The summed E-state index contributed by atoms with van der Waals surface area (Å²) in [7, 11) is 1.60. The Hall–Kier alpha value is -3.58. The van der Waals surface area contributed by atoms with Crippen molar-refractivity contribution in [3.8, 4) is 11.5 Å². The number of ether oxygens (including phenoxy) is 2. The van der Waals surface area contributed by atoms with E-state index in [1.807, 2.05) is 60.0 Å². The largest absolute Gasteiger partial charge is 0.496 e. The Balaban J connectivity index is 1.63. The van der Waals surface area contributed by atoms with Gasteiger partial charge in [0.05, 0.1) is 12.0 Å². The molecule has 0 saturated carbocycles. The van der Waals surface area contributed by atoms with Crippen LogP contribution in [0.25, 0.3) is 6.08 Å². The summed E-state index contributed by atoms with van der Waals surface area (Å²) in [6.45, 7) is 0.334. The zero-order chi connectivity index (χ0) is 20.5. The lowest BCUT2D eigenvalue weighted by Gasteiger charge is -2.11. The number of carbonyl (C=O) groups is 1.